The first-order valence-electron chi connectivity index (χ1n) is 11.1. The van der Waals surface area contributed by atoms with Crippen molar-refractivity contribution in [3.63, 3.8) is 0 Å². The molecule has 0 unspecified atom stereocenters. The van der Waals surface area contributed by atoms with E-state index in [1.165, 1.54) is 0 Å². The topological polar surface area (TPSA) is 75.7 Å². The number of nitrogens with zero attached hydrogens (tertiary/aromatic N) is 1. The van der Waals surface area contributed by atoms with E-state index in [2.05, 4.69) is 37.2 Å². The second-order valence-electron chi connectivity index (χ2n) is 8.42. The largest absolute Gasteiger partial charge is 0.487 e. The fourth-order valence-corrected chi connectivity index (χ4v) is 6.13. The molecule has 1 fully saturated rings. The summed E-state index contributed by atoms with van der Waals surface area (Å²) in [5.74, 6) is -0.356. The molecular weight excluding hydrogens is 644 g/mol. The third-order valence-electron chi connectivity index (χ3n) is 5.30. The summed E-state index contributed by atoms with van der Waals surface area (Å²) in [6, 6.07) is 16.6. The number of hydrogen-bond acceptors (Lipinski definition) is 5. The van der Waals surface area contributed by atoms with Gasteiger partial charge in [-0.2, -0.15) is 0 Å². The van der Waals surface area contributed by atoms with E-state index in [-0.39, 0.29) is 11.4 Å². The van der Waals surface area contributed by atoms with Crippen LogP contribution in [0.3, 0.4) is 0 Å². The smallest absolute Gasteiger partial charge is 0.294 e. The molecule has 6 nitrogen and oxygen atoms in total. The molecule has 0 saturated carbocycles. The van der Waals surface area contributed by atoms with Crippen molar-refractivity contribution in [2.75, 3.05) is 11.9 Å². The molecule has 3 amide bonds. The van der Waals surface area contributed by atoms with Gasteiger partial charge in [0, 0.05) is 10.7 Å². The van der Waals surface area contributed by atoms with Gasteiger partial charge in [0.1, 0.15) is 18.9 Å². The average Bonchev–Trinajstić information content (AvgIpc) is 3.06. The maximum atomic E-state index is 12.9. The van der Waals surface area contributed by atoms with Crippen LogP contribution in [0.25, 0.3) is 6.08 Å². The number of halogens is 3. The number of anilines is 1. The number of aryl methyl sites for hydroxylation is 2. The molecule has 3 aromatic rings. The van der Waals surface area contributed by atoms with Gasteiger partial charge in [-0.05, 0) is 122 Å². The summed E-state index contributed by atoms with van der Waals surface area (Å²) in [5, 5.41) is 2.92. The fourth-order valence-electron chi connectivity index (χ4n) is 3.72. The van der Waals surface area contributed by atoms with E-state index in [4.69, 9.17) is 16.3 Å². The molecular formula is C27H21Br2ClN2O4S. The molecule has 0 aromatic heterocycles. The van der Waals surface area contributed by atoms with Crippen LogP contribution in [0, 0.1) is 13.8 Å². The lowest BCUT2D eigenvalue weighted by molar-refractivity contribution is -0.127. The van der Waals surface area contributed by atoms with E-state index < -0.39 is 17.1 Å². The molecule has 4 rings (SSSR count). The highest BCUT2D eigenvalue weighted by Crippen LogP contribution is 2.38. The molecule has 10 heteroatoms. The quantitative estimate of drug-likeness (QED) is 0.262. The molecule has 0 atom stereocenters. The Hall–Kier alpha value is -2.59. The van der Waals surface area contributed by atoms with Crippen LogP contribution in [-0.2, 0) is 16.2 Å². The summed E-state index contributed by atoms with van der Waals surface area (Å²) in [7, 11) is 0. The van der Waals surface area contributed by atoms with Crippen LogP contribution in [0.5, 0.6) is 5.75 Å². The Labute approximate surface area is 240 Å². The van der Waals surface area contributed by atoms with E-state index in [1.54, 1.807) is 30.3 Å². The van der Waals surface area contributed by atoms with Gasteiger partial charge in [0.05, 0.1) is 13.9 Å². The SMILES string of the molecule is Cc1cc(C)cc(NC(=O)CN2C(=O)S/C(=C/c3cc(Br)c(OCc4ccc(Cl)cc4)c(Br)c3)C2=O)c1. The maximum absolute atomic E-state index is 12.9. The van der Waals surface area contributed by atoms with E-state index in [0.717, 1.165) is 33.4 Å². The van der Waals surface area contributed by atoms with E-state index in [1.807, 2.05) is 44.2 Å². The van der Waals surface area contributed by atoms with Gasteiger partial charge in [-0.1, -0.05) is 29.8 Å². The van der Waals surface area contributed by atoms with Gasteiger partial charge in [0.15, 0.2) is 0 Å². The van der Waals surface area contributed by atoms with Crippen LogP contribution in [0.15, 0.2) is 68.4 Å². The van der Waals surface area contributed by atoms with Gasteiger partial charge in [0.25, 0.3) is 11.1 Å². The molecule has 1 aliphatic rings. The minimum Gasteiger partial charge on any atom is -0.487 e. The third-order valence-corrected chi connectivity index (χ3v) is 7.63. The Bertz CT molecular complexity index is 1380. The van der Waals surface area contributed by atoms with Crippen LogP contribution in [-0.4, -0.2) is 28.5 Å². The second kappa shape index (κ2) is 11.9. The number of benzene rings is 3. The molecule has 0 bridgehead atoms. The summed E-state index contributed by atoms with van der Waals surface area (Å²) in [5.41, 5.74) is 4.27. The predicted octanol–water partition coefficient (Wildman–Crippen LogP) is 7.74. The number of amides is 3. The lowest BCUT2D eigenvalue weighted by atomic mass is 10.1. The standard InChI is InChI=1S/C27H21Br2ClN2O4S/c1-15-7-16(2)9-20(8-15)31-24(33)13-32-26(34)23(37-27(32)35)12-18-10-21(28)25(22(29)11-18)36-14-17-3-5-19(30)6-4-17/h3-12H,13-14H2,1-2H3,(H,31,33)/b23-12+. The minimum atomic E-state index is -0.513. The van der Waals surface area contributed by atoms with Crippen LogP contribution in [0.2, 0.25) is 5.02 Å². The number of rotatable bonds is 7. The fraction of sp³-hybridized carbons (Fsp3) is 0.148. The van der Waals surface area contributed by atoms with Crippen molar-refractivity contribution in [1.82, 2.24) is 4.90 Å². The van der Waals surface area contributed by atoms with Gasteiger partial charge in [-0.3, -0.25) is 19.3 Å². The lowest BCUT2D eigenvalue weighted by Crippen LogP contribution is -2.36. The Kier molecular flexibility index (Phi) is 8.79. The van der Waals surface area contributed by atoms with Crippen LogP contribution < -0.4 is 10.1 Å². The number of hydrogen-bond donors (Lipinski definition) is 1. The van der Waals surface area contributed by atoms with Crippen molar-refractivity contribution in [2.45, 2.75) is 20.5 Å². The Morgan fingerprint density at radius 3 is 2.27 bits per heavy atom. The molecule has 0 aliphatic carbocycles. The number of nitrogens with one attached hydrogen (secondary N) is 1. The van der Waals surface area contributed by atoms with E-state index in [9.17, 15) is 14.4 Å². The first-order valence-corrected chi connectivity index (χ1v) is 13.9. The molecule has 1 saturated heterocycles. The summed E-state index contributed by atoms with van der Waals surface area (Å²) >= 11 is 13.8. The highest BCUT2D eigenvalue weighted by molar-refractivity contribution is 9.11. The molecule has 0 radical (unpaired) electrons. The number of thioether (sulfide) groups is 1. The summed E-state index contributed by atoms with van der Waals surface area (Å²) < 4.78 is 7.29. The third kappa shape index (κ3) is 7.04. The first kappa shape index (κ1) is 27.4. The van der Waals surface area contributed by atoms with Crippen LogP contribution >= 0.6 is 55.2 Å². The maximum Gasteiger partial charge on any atom is 0.294 e. The molecule has 1 aliphatic heterocycles. The van der Waals surface area contributed by atoms with Crippen LogP contribution in [0.4, 0.5) is 10.5 Å². The minimum absolute atomic E-state index is 0.234. The molecule has 3 aromatic carbocycles. The van der Waals surface area contributed by atoms with Crippen molar-refractivity contribution in [2.24, 2.45) is 0 Å². The summed E-state index contributed by atoms with van der Waals surface area (Å²) in [4.78, 5) is 39.1. The Balaban J connectivity index is 1.43. The zero-order valence-electron chi connectivity index (χ0n) is 19.8. The number of imide groups is 1. The summed E-state index contributed by atoms with van der Waals surface area (Å²) in [6.45, 7) is 3.84. The number of carbonyl (C=O) groups excluding carboxylic acids is 3. The lowest BCUT2D eigenvalue weighted by Gasteiger charge is -2.13. The molecule has 1 heterocycles. The highest BCUT2D eigenvalue weighted by atomic mass is 79.9. The normalized spacial score (nSPS) is 14.4. The molecule has 1 N–H and O–H groups in total. The zero-order valence-corrected chi connectivity index (χ0v) is 24.6. The average molecular weight is 665 g/mol. The second-order valence-corrected chi connectivity index (χ2v) is 11.6. The predicted molar refractivity (Wildman–Crippen MR) is 155 cm³/mol. The van der Waals surface area contributed by atoms with Gasteiger partial charge < -0.3 is 10.1 Å². The van der Waals surface area contributed by atoms with Crippen molar-refractivity contribution in [1.29, 1.82) is 0 Å². The summed E-state index contributed by atoms with van der Waals surface area (Å²) in [6.07, 6.45) is 1.62. The Morgan fingerprint density at radius 2 is 1.65 bits per heavy atom. The van der Waals surface area contributed by atoms with Crippen LogP contribution in [0.1, 0.15) is 22.3 Å². The number of ether oxygens (including phenoxy) is 1. The Morgan fingerprint density at radius 1 is 1.03 bits per heavy atom. The van der Waals surface area contributed by atoms with Gasteiger partial charge >= 0.3 is 0 Å². The highest BCUT2D eigenvalue weighted by Gasteiger charge is 2.36. The van der Waals surface area contributed by atoms with E-state index in [0.29, 0.717) is 37.6 Å². The zero-order chi connectivity index (χ0) is 26.7. The monoisotopic (exact) mass is 662 g/mol. The van der Waals surface area contributed by atoms with Gasteiger partial charge in [-0.25, -0.2) is 0 Å². The van der Waals surface area contributed by atoms with Crippen molar-refractivity contribution in [3.05, 3.63) is 95.7 Å². The molecule has 37 heavy (non-hydrogen) atoms. The van der Waals surface area contributed by atoms with Crippen molar-refractivity contribution in [3.8, 4) is 5.75 Å². The first-order chi connectivity index (χ1) is 17.6. The van der Waals surface area contributed by atoms with E-state index >= 15 is 0 Å². The molecule has 0 spiro atoms. The van der Waals surface area contributed by atoms with Gasteiger partial charge in [-0.15, -0.1) is 0 Å². The van der Waals surface area contributed by atoms with Crippen molar-refractivity contribution < 1.29 is 19.1 Å². The van der Waals surface area contributed by atoms with Crippen molar-refractivity contribution >= 4 is 84.0 Å². The molecule has 190 valence electrons. The number of carbonyl (C=O) groups is 3. The van der Waals surface area contributed by atoms with Gasteiger partial charge in [0.2, 0.25) is 5.91 Å².